The zero-order chi connectivity index (χ0) is 11.8. The van der Waals surface area contributed by atoms with Crippen molar-refractivity contribution in [3.8, 4) is 0 Å². The van der Waals surface area contributed by atoms with Crippen molar-refractivity contribution in [2.45, 2.75) is 39.0 Å². The van der Waals surface area contributed by atoms with E-state index in [1.54, 1.807) is 0 Å². The van der Waals surface area contributed by atoms with Gasteiger partial charge in [0.25, 0.3) is 0 Å². The summed E-state index contributed by atoms with van der Waals surface area (Å²) in [5.41, 5.74) is 5.15. The molecule has 0 fully saturated rings. The summed E-state index contributed by atoms with van der Waals surface area (Å²) in [6.45, 7) is 2.12. The van der Waals surface area contributed by atoms with Crippen molar-refractivity contribution in [2.75, 3.05) is 0 Å². The number of halogens is 1. The summed E-state index contributed by atoms with van der Waals surface area (Å²) in [5.74, 6) is 0. The zero-order valence-electron chi connectivity index (χ0n) is 10.1. The fourth-order valence-electron chi connectivity index (χ4n) is 2.71. The molecule has 3 rings (SSSR count). The Morgan fingerprint density at radius 1 is 1.24 bits per heavy atom. The number of pyridine rings is 1. The van der Waals surface area contributed by atoms with Crippen molar-refractivity contribution >= 4 is 22.5 Å². The van der Waals surface area contributed by atoms with Gasteiger partial charge in [-0.2, -0.15) is 0 Å². The smallest absolute Gasteiger partial charge is 0.0754 e. The molecule has 1 aromatic heterocycles. The Morgan fingerprint density at radius 3 is 2.88 bits per heavy atom. The Balaban J connectivity index is 2.33. The molecular formula is C15H16ClN. The van der Waals surface area contributed by atoms with Gasteiger partial charge in [-0.05, 0) is 49.3 Å². The van der Waals surface area contributed by atoms with Gasteiger partial charge in [0, 0.05) is 11.1 Å². The average Bonchev–Trinajstić information content (AvgIpc) is 2.38. The van der Waals surface area contributed by atoms with Gasteiger partial charge in [0.1, 0.15) is 0 Å². The second-order valence-electron chi connectivity index (χ2n) is 4.76. The number of aromatic nitrogens is 1. The molecule has 17 heavy (non-hydrogen) atoms. The van der Waals surface area contributed by atoms with Crippen LogP contribution in [0.1, 0.15) is 36.6 Å². The highest BCUT2D eigenvalue weighted by atomic mass is 35.5. The molecular weight excluding hydrogens is 230 g/mol. The summed E-state index contributed by atoms with van der Waals surface area (Å²) >= 11 is 6.34. The Hall–Kier alpha value is -1.08. The van der Waals surface area contributed by atoms with E-state index in [1.807, 2.05) is 6.07 Å². The van der Waals surface area contributed by atoms with E-state index in [0.29, 0.717) is 0 Å². The van der Waals surface area contributed by atoms with Crippen molar-refractivity contribution < 1.29 is 0 Å². The monoisotopic (exact) mass is 245 g/mol. The molecule has 1 nitrogen and oxygen atoms in total. The van der Waals surface area contributed by atoms with Gasteiger partial charge in [0.2, 0.25) is 0 Å². The van der Waals surface area contributed by atoms with Crippen LogP contribution in [0.3, 0.4) is 0 Å². The van der Waals surface area contributed by atoms with Crippen LogP contribution in [0.15, 0.2) is 18.2 Å². The first kappa shape index (κ1) is 11.0. The van der Waals surface area contributed by atoms with Crippen LogP contribution in [-0.2, 0) is 19.3 Å². The summed E-state index contributed by atoms with van der Waals surface area (Å²) in [4.78, 5) is 4.78. The largest absolute Gasteiger partial charge is 0.252 e. The van der Waals surface area contributed by atoms with E-state index < -0.39 is 0 Å². The third kappa shape index (κ3) is 1.83. The number of fused-ring (bicyclic) bond motifs is 3. The number of rotatable bonds is 1. The molecule has 0 saturated carbocycles. The molecule has 1 aromatic carbocycles. The molecule has 1 aliphatic rings. The van der Waals surface area contributed by atoms with Gasteiger partial charge in [-0.15, -0.1) is 0 Å². The molecule has 1 heterocycles. The Kier molecular flexibility index (Phi) is 2.79. The van der Waals surface area contributed by atoms with E-state index in [-0.39, 0.29) is 0 Å². The maximum Gasteiger partial charge on any atom is 0.0754 e. The molecule has 0 amide bonds. The van der Waals surface area contributed by atoms with Crippen LogP contribution >= 0.6 is 11.6 Å². The lowest BCUT2D eigenvalue weighted by molar-refractivity contribution is 0.688. The van der Waals surface area contributed by atoms with Crippen LogP contribution in [0.4, 0.5) is 0 Å². The molecule has 0 bridgehead atoms. The lowest BCUT2D eigenvalue weighted by atomic mass is 9.89. The first-order valence-corrected chi connectivity index (χ1v) is 6.77. The van der Waals surface area contributed by atoms with Crippen LogP contribution in [0.25, 0.3) is 10.9 Å². The Morgan fingerprint density at radius 2 is 2.06 bits per heavy atom. The average molecular weight is 246 g/mol. The summed E-state index contributed by atoms with van der Waals surface area (Å²) in [6.07, 6.45) is 5.88. The van der Waals surface area contributed by atoms with Gasteiger partial charge >= 0.3 is 0 Å². The third-order valence-electron chi connectivity index (χ3n) is 3.67. The molecule has 0 N–H and O–H groups in total. The third-order valence-corrected chi connectivity index (χ3v) is 3.98. The van der Waals surface area contributed by atoms with Gasteiger partial charge in [-0.1, -0.05) is 30.7 Å². The minimum atomic E-state index is 0.847. The van der Waals surface area contributed by atoms with Crippen molar-refractivity contribution in [1.82, 2.24) is 4.98 Å². The second-order valence-corrected chi connectivity index (χ2v) is 5.16. The number of benzene rings is 1. The Labute approximate surface area is 107 Å². The number of aryl methyl sites for hydroxylation is 3. The molecule has 88 valence electrons. The summed E-state index contributed by atoms with van der Waals surface area (Å²) < 4.78 is 0. The van der Waals surface area contributed by atoms with E-state index >= 15 is 0 Å². The van der Waals surface area contributed by atoms with Gasteiger partial charge in [0.05, 0.1) is 10.5 Å². The molecule has 0 aliphatic heterocycles. The molecule has 0 atom stereocenters. The zero-order valence-corrected chi connectivity index (χ0v) is 10.8. The first-order chi connectivity index (χ1) is 8.29. The minimum absolute atomic E-state index is 0.847. The van der Waals surface area contributed by atoms with Crippen LogP contribution in [-0.4, -0.2) is 4.98 Å². The second kappa shape index (κ2) is 4.30. The van der Waals surface area contributed by atoms with E-state index in [9.17, 15) is 0 Å². The Bertz CT molecular complexity index is 575. The fraction of sp³-hybridized carbons (Fsp3) is 0.400. The SMILES string of the molecule is CCc1cc(Cl)c2ccc3c(c2n1)CCCC3. The van der Waals surface area contributed by atoms with Crippen molar-refractivity contribution in [1.29, 1.82) is 0 Å². The quantitative estimate of drug-likeness (QED) is 0.729. The summed E-state index contributed by atoms with van der Waals surface area (Å²) in [6, 6.07) is 6.36. The van der Waals surface area contributed by atoms with Gasteiger partial charge in [-0.25, -0.2) is 0 Å². The van der Waals surface area contributed by atoms with Gasteiger partial charge in [-0.3, -0.25) is 4.98 Å². The predicted molar refractivity (Wildman–Crippen MR) is 72.8 cm³/mol. The molecule has 0 saturated heterocycles. The lowest BCUT2D eigenvalue weighted by Crippen LogP contribution is -2.05. The van der Waals surface area contributed by atoms with Crippen molar-refractivity contribution in [2.24, 2.45) is 0 Å². The lowest BCUT2D eigenvalue weighted by Gasteiger charge is -2.18. The molecule has 0 radical (unpaired) electrons. The predicted octanol–water partition coefficient (Wildman–Crippen LogP) is 4.33. The van der Waals surface area contributed by atoms with E-state index in [4.69, 9.17) is 16.6 Å². The molecule has 2 aromatic rings. The molecule has 1 aliphatic carbocycles. The molecule has 2 heteroatoms. The summed E-state index contributed by atoms with van der Waals surface area (Å²) in [5, 5.41) is 1.96. The highest BCUT2D eigenvalue weighted by molar-refractivity contribution is 6.35. The number of hydrogen-bond acceptors (Lipinski definition) is 1. The number of hydrogen-bond donors (Lipinski definition) is 0. The topological polar surface area (TPSA) is 12.9 Å². The van der Waals surface area contributed by atoms with E-state index in [0.717, 1.165) is 34.5 Å². The van der Waals surface area contributed by atoms with E-state index in [1.165, 1.54) is 30.4 Å². The maximum absolute atomic E-state index is 6.34. The molecule has 0 spiro atoms. The van der Waals surface area contributed by atoms with Crippen LogP contribution in [0.2, 0.25) is 5.02 Å². The minimum Gasteiger partial charge on any atom is -0.252 e. The highest BCUT2D eigenvalue weighted by Gasteiger charge is 2.15. The number of nitrogens with zero attached hydrogens (tertiary/aromatic N) is 1. The van der Waals surface area contributed by atoms with Crippen LogP contribution in [0, 0.1) is 0 Å². The van der Waals surface area contributed by atoms with E-state index in [2.05, 4.69) is 19.1 Å². The van der Waals surface area contributed by atoms with Crippen molar-refractivity contribution in [3.05, 3.63) is 40.0 Å². The summed E-state index contributed by atoms with van der Waals surface area (Å²) in [7, 11) is 0. The highest BCUT2D eigenvalue weighted by Crippen LogP contribution is 2.31. The van der Waals surface area contributed by atoms with Crippen LogP contribution < -0.4 is 0 Å². The van der Waals surface area contributed by atoms with Crippen molar-refractivity contribution in [3.63, 3.8) is 0 Å². The standard InChI is InChI=1S/C15H16ClN/c1-2-11-9-14(16)13-8-7-10-5-3-4-6-12(10)15(13)17-11/h7-9H,2-6H2,1H3. The first-order valence-electron chi connectivity index (χ1n) is 6.39. The van der Waals surface area contributed by atoms with Gasteiger partial charge < -0.3 is 0 Å². The van der Waals surface area contributed by atoms with Gasteiger partial charge in [0.15, 0.2) is 0 Å². The molecule has 0 unspecified atom stereocenters. The normalized spacial score (nSPS) is 14.9. The van der Waals surface area contributed by atoms with Crippen LogP contribution in [0.5, 0.6) is 0 Å². The maximum atomic E-state index is 6.34. The fourth-order valence-corrected chi connectivity index (χ4v) is 2.99.